The highest BCUT2D eigenvalue weighted by atomic mass is 16.5. The molecule has 0 fully saturated rings. The van der Waals surface area contributed by atoms with Crippen molar-refractivity contribution in [1.29, 1.82) is 0 Å². The molecular formula is C16H14N2O. The van der Waals surface area contributed by atoms with Crippen LogP contribution < -0.4 is 0 Å². The molecule has 0 saturated carbocycles. The average Bonchev–Trinajstić information content (AvgIpc) is 2.88. The number of benzene rings is 2. The minimum Gasteiger partial charge on any atom is -0.334 e. The number of aromatic nitrogens is 2. The van der Waals surface area contributed by atoms with Crippen molar-refractivity contribution in [2.75, 3.05) is 0 Å². The van der Waals surface area contributed by atoms with Crippen LogP contribution in [0.1, 0.15) is 11.1 Å². The second-order valence-electron chi connectivity index (χ2n) is 4.67. The van der Waals surface area contributed by atoms with Crippen LogP contribution in [0.3, 0.4) is 0 Å². The van der Waals surface area contributed by atoms with Crippen LogP contribution in [0.25, 0.3) is 22.8 Å². The number of rotatable bonds is 2. The van der Waals surface area contributed by atoms with Gasteiger partial charge in [0.05, 0.1) is 0 Å². The molecule has 3 aromatic rings. The summed E-state index contributed by atoms with van der Waals surface area (Å²) < 4.78 is 5.35. The fourth-order valence-corrected chi connectivity index (χ4v) is 2.14. The Morgan fingerprint density at radius 2 is 1.53 bits per heavy atom. The standard InChI is InChI=1S/C16H14N2O/c1-11-8-12(2)10-14(9-11)16-17-15(18-19-16)13-6-4-3-5-7-13/h3-10H,1-2H3. The van der Waals surface area contributed by atoms with E-state index < -0.39 is 0 Å². The summed E-state index contributed by atoms with van der Waals surface area (Å²) in [6, 6.07) is 16.0. The second-order valence-corrected chi connectivity index (χ2v) is 4.67. The zero-order chi connectivity index (χ0) is 13.2. The Hall–Kier alpha value is -2.42. The summed E-state index contributed by atoms with van der Waals surface area (Å²) in [5.41, 5.74) is 4.30. The molecule has 0 saturated heterocycles. The van der Waals surface area contributed by atoms with E-state index in [1.54, 1.807) is 0 Å². The van der Waals surface area contributed by atoms with Gasteiger partial charge in [0.2, 0.25) is 5.82 Å². The van der Waals surface area contributed by atoms with Gasteiger partial charge in [-0.05, 0) is 26.0 Å². The lowest BCUT2D eigenvalue weighted by Gasteiger charge is -1.99. The first-order valence-corrected chi connectivity index (χ1v) is 6.20. The monoisotopic (exact) mass is 250 g/mol. The van der Waals surface area contributed by atoms with Gasteiger partial charge in [0.1, 0.15) is 0 Å². The van der Waals surface area contributed by atoms with Crippen molar-refractivity contribution < 1.29 is 4.52 Å². The molecule has 3 rings (SSSR count). The molecule has 0 aliphatic heterocycles. The molecular weight excluding hydrogens is 236 g/mol. The Labute approximate surface area is 111 Å². The lowest BCUT2D eigenvalue weighted by atomic mass is 10.1. The minimum absolute atomic E-state index is 0.561. The van der Waals surface area contributed by atoms with E-state index in [-0.39, 0.29) is 0 Å². The third kappa shape index (κ3) is 2.40. The van der Waals surface area contributed by atoms with Gasteiger partial charge in [-0.15, -0.1) is 0 Å². The van der Waals surface area contributed by atoms with E-state index in [0.29, 0.717) is 11.7 Å². The summed E-state index contributed by atoms with van der Waals surface area (Å²) in [5, 5.41) is 4.04. The van der Waals surface area contributed by atoms with Crippen LogP contribution >= 0.6 is 0 Å². The highest BCUT2D eigenvalue weighted by Crippen LogP contribution is 2.23. The first-order valence-electron chi connectivity index (χ1n) is 6.20. The quantitative estimate of drug-likeness (QED) is 0.689. The maximum atomic E-state index is 5.35. The molecule has 94 valence electrons. The smallest absolute Gasteiger partial charge is 0.258 e. The second kappa shape index (κ2) is 4.69. The summed E-state index contributed by atoms with van der Waals surface area (Å²) >= 11 is 0. The largest absolute Gasteiger partial charge is 0.334 e. The van der Waals surface area contributed by atoms with Crippen LogP contribution in [0.5, 0.6) is 0 Å². The zero-order valence-corrected chi connectivity index (χ0v) is 10.9. The molecule has 0 amide bonds. The molecule has 0 spiro atoms. The van der Waals surface area contributed by atoms with Crippen molar-refractivity contribution in [2.24, 2.45) is 0 Å². The molecule has 3 nitrogen and oxygen atoms in total. The van der Waals surface area contributed by atoms with E-state index in [1.807, 2.05) is 30.3 Å². The van der Waals surface area contributed by atoms with Gasteiger partial charge in [-0.2, -0.15) is 4.98 Å². The van der Waals surface area contributed by atoms with E-state index >= 15 is 0 Å². The predicted octanol–water partition coefficient (Wildman–Crippen LogP) is 4.02. The van der Waals surface area contributed by atoms with Crippen molar-refractivity contribution in [1.82, 2.24) is 10.1 Å². The molecule has 3 heteroatoms. The highest BCUT2D eigenvalue weighted by Gasteiger charge is 2.10. The lowest BCUT2D eigenvalue weighted by molar-refractivity contribution is 0.432. The van der Waals surface area contributed by atoms with E-state index in [9.17, 15) is 0 Å². The van der Waals surface area contributed by atoms with E-state index in [0.717, 1.165) is 11.1 Å². The summed E-state index contributed by atoms with van der Waals surface area (Å²) in [4.78, 5) is 4.46. The number of aryl methyl sites for hydroxylation is 2. The Bertz CT molecular complexity index is 682. The van der Waals surface area contributed by atoms with Crippen LogP contribution in [-0.4, -0.2) is 10.1 Å². The highest BCUT2D eigenvalue weighted by molar-refractivity contribution is 5.60. The van der Waals surface area contributed by atoms with Gasteiger partial charge in [-0.1, -0.05) is 52.7 Å². The molecule has 0 bridgehead atoms. The number of nitrogens with zero attached hydrogens (tertiary/aromatic N) is 2. The molecule has 1 aromatic heterocycles. The first kappa shape index (κ1) is 11.7. The molecule has 1 heterocycles. The first-order chi connectivity index (χ1) is 9.22. The number of hydrogen-bond acceptors (Lipinski definition) is 3. The molecule has 19 heavy (non-hydrogen) atoms. The van der Waals surface area contributed by atoms with Crippen LogP contribution in [-0.2, 0) is 0 Å². The third-order valence-corrected chi connectivity index (χ3v) is 2.93. The van der Waals surface area contributed by atoms with Crippen molar-refractivity contribution >= 4 is 0 Å². The molecule has 0 unspecified atom stereocenters. The van der Waals surface area contributed by atoms with Crippen molar-refractivity contribution in [3.63, 3.8) is 0 Å². The van der Waals surface area contributed by atoms with Gasteiger partial charge >= 0.3 is 0 Å². The Morgan fingerprint density at radius 3 is 2.21 bits per heavy atom. The van der Waals surface area contributed by atoms with Gasteiger partial charge in [0.25, 0.3) is 5.89 Å². The average molecular weight is 250 g/mol. The van der Waals surface area contributed by atoms with E-state index in [4.69, 9.17) is 4.52 Å². The normalized spacial score (nSPS) is 10.6. The predicted molar refractivity (Wildman–Crippen MR) is 74.6 cm³/mol. The molecule has 0 atom stereocenters. The topological polar surface area (TPSA) is 38.9 Å². The zero-order valence-electron chi connectivity index (χ0n) is 10.9. The van der Waals surface area contributed by atoms with Gasteiger partial charge in [-0.3, -0.25) is 0 Å². The van der Waals surface area contributed by atoms with E-state index in [2.05, 4.69) is 42.2 Å². The molecule has 0 N–H and O–H groups in total. The van der Waals surface area contributed by atoms with Crippen LogP contribution in [0.4, 0.5) is 0 Å². The van der Waals surface area contributed by atoms with E-state index in [1.165, 1.54) is 11.1 Å². The van der Waals surface area contributed by atoms with Gasteiger partial charge in [-0.25, -0.2) is 0 Å². The van der Waals surface area contributed by atoms with Gasteiger partial charge in [0.15, 0.2) is 0 Å². The molecule has 2 aromatic carbocycles. The summed E-state index contributed by atoms with van der Waals surface area (Å²) in [6.45, 7) is 4.12. The van der Waals surface area contributed by atoms with Gasteiger partial charge in [0, 0.05) is 11.1 Å². The van der Waals surface area contributed by atoms with Crippen molar-refractivity contribution in [2.45, 2.75) is 13.8 Å². The van der Waals surface area contributed by atoms with Crippen LogP contribution in [0.2, 0.25) is 0 Å². The SMILES string of the molecule is Cc1cc(C)cc(-c2nc(-c3ccccc3)no2)c1. The third-order valence-electron chi connectivity index (χ3n) is 2.93. The van der Waals surface area contributed by atoms with Crippen molar-refractivity contribution in [3.8, 4) is 22.8 Å². The Kier molecular flexibility index (Phi) is 2.88. The fourth-order valence-electron chi connectivity index (χ4n) is 2.14. The summed E-state index contributed by atoms with van der Waals surface area (Å²) in [7, 11) is 0. The molecule has 0 aliphatic carbocycles. The Balaban J connectivity index is 2.02. The maximum absolute atomic E-state index is 5.35. The van der Waals surface area contributed by atoms with Crippen LogP contribution in [0, 0.1) is 13.8 Å². The minimum atomic E-state index is 0.561. The number of hydrogen-bond donors (Lipinski definition) is 0. The molecule has 0 radical (unpaired) electrons. The Morgan fingerprint density at radius 1 is 0.842 bits per heavy atom. The van der Waals surface area contributed by atoms with Gasteiger partial charge < -0.3 is 4.52 Å². The lowest BCUT2D eigenvalue weighted by Crippen LogP contribution is -1.83. The summed E-state index contributed by atoms with van der Waals surface area (Å²) in [6.07, 6.45) is 0. The van der Waals surface area contributed by atoms with Crippen molar-refractivity contribution in [3.05, 3.63) is 59.7 Å². The maximum Gasteiger partial charge on any atom is 0.258 e. The summed E-state index contributed by atoms with van der Waals surface area (Å²) in [5.74, 6) is 1.18. The molecule has 0 aliphatic rings. The fraction of sp³-hybridized carbons (Fsp3) is 0.125. The van der Waals surface area contributed by atoms with Crippen LogP contribution in [0.15, 0.2) is 53.1 Å².